The molecular weight excluding hydrogens is 304 g/mol. The van der Waals surface area contributed by atoms with Crippen LogP contribution >= 0.6 is 0 Å². The lowest BCUT2D eigenvalue weighted by atomic mass is 9.98. The molecule has 0 radical (unpaired) electrons. The summed E-state index contributed by atoms with van der Waals surface area (Å²) in [4.78, 5) is 0. The highest BCUT2D eigenvalue weighted by Gasteiger charge is 2.49. The summed E-state index contributed by atoms with van der Waals surface area (Å²) in [6, 6.07) is 0. The van der Waals surface area contributed by atoms with E-state index in [1.165, 1.54) is 6.92 Å². The lowest BCUT2D eigenvalue weighted by Crippen LogP contribution is -2.63. The smallest absolute Gasteiger partial charge is 0.187 e. The van der Waals surface area contributed by atoms with Crippen molar-refractivity contribution in [2.24, 2.45) is 0 Å². The lowest BCUT2D eigenvalue weighted by molar-refractivity contribution is -0.359. The molecule has 0 saturated carbocycles. The van der Waals surface area contributed by atoms with E-state index < -0.39 is 68.0 Å². The van der Waals surface area contributed by atoms with Crippen molar-refractivity contribution in [3.8, 4) is 0 Å². The fourth-order valence-electron chi connectivity index (χ4n) is 2.50. The van der Waals surface area contributed by atoms with Crippen molar-refractivity contribution in [1.29, 1.82) is 0 Å². The predicted octanol–water partition coefficient (Wildman–Crippen LogP) is -4.37. The molecule has 0 amide bonds. The minimum Gasteiger partial charge on any atom is -0.394 e. The Labute approximate surface area is 126 Å². The van der Waals surface area contributed by atoms with Crippen LogP contribution < -0.4 is 0 Å². The lowest BCUT2D eigenvalue weighted by Gasteiger charge is -2.44. The largest absolute Gasteiger partial charge is 0.394 e. The molecule has 2 heterocycles. The highest BCUT2D eigenvalue weighted by Crippen LogP contribution is 2.28. The second-order valence-corrected chi connectivity index (χ2v) is 5.51. The van der Waals surface area contributed by atoms with E-state index in [-0.39, 0.29) is 0 Å². The van der Waals surface area contributed by atoms with Gasteiger partial charge in [-0.15, -0.1) is 0 Å². The molecule has 10 heteroatoms. The Morgan fingerprint density at radius 1 is 0.818 bits per heavy atom. The number of rotatable bonds is 3. The highest BCUT2D eigenvalue weighted by atomic mass is 16.7. The molecule has 2 aliphatic heterocycles. The molecule has 0 aromatic carbocycles. The summed E-state index contributed by atoms with van der Waals surface area (Å²) in [6.07, 6.45) is -14.4. The standard InChI is InChI=1S/C12H22O10/c1-3-5(14)8(17)10(11(19)20-3)22-12-9(18)7(16)6(15)4(2-13)21-12/h3-19H,2H2,1H3/t3-,4+,5-,6-,7-,8+,9+,10+,11?,12-/m0/s1. The molecule has 2 aliphatic rings. The molecule has 22 heavy (non-hydrogen) atoms. The molecule has 0 aliphatic carbocycles. The van der Waals surface area contributed by atoms with Crippen molar-refractivity contribution in [2.75, 3.05) is 6.61 Å². The van der Waals surface area contributed by atoms with E-state index >= 15 is 0 Å². The highest BCUT2D eigenvalue weighted by molar-refractivity contribution is 4.92. The van der Waals surface area contributed by atoms with Crippen LogP contribution in [-0.4, -0.2) is 104 Å². The Kier molecular flexibility index (Phi) is 5.72. The monoisotopic (exact) mass is 326 g/mol. The predicted molar refractivity (Wildman–Crippen MR) is 67.2 cm³/mol. The van der Waals surface area contributed by atoms with Gasteiger partial charge in [0, 0.05) is 0 Å². The van der Waals surface area contributed by atoms with E-state index in [1.807, 2.05) is 0 Å². The van der Waals surface area contributed by atoms with Crippen molar-refractivity contribution >= 4 is 0 Å². The summed E-state index contributed by atoms with van der Waals surface area (Å²) < 4.78 is 15.3. The van der Waals surface area contributed by atoms with Gasteiger partial charge in [0.25, 0.3) is 0 Å². The van der Waals surface area contributed by atoms with Crippen LogP contribution in [0.1, 0.15) is 6.92 Å². The Morgan fingerprint density at radius 3 is 2.05 bits per heavy atom. The van der Waals surface area contributed by atoms with Gasteiger partial charge in [-0.05, 0) is 6.92 Å². The molecule has 10 atom stereocenters. The molecule has 0 spiro atoms. The van der Waals surface area contributed by atoms with Crippen molar-refractivity contribution in [1.82, 2.24) is 0 Å². The zero-order chi connectivity index (χ0) is 16.6. The third kappa shape index (κ3) is 3.26. The Bertz CT molecular complexity index is 366. The maximum Gasteiger partial charge on any atom is 0.187 e. The first-order chi connectivity index (χ1) is 10.3. The summed E-state index contributed by atoms with van der Waals surface area (Å²) >= 11 is 0. The number of aliphatic hydroxyl groups is 7. The van der Waals surface area contributed by atoms with Crippen molar-refractivity contribution in [3.63, 3.8) is 0 Å². The van der Waals surface area contributed by atoms with Gasteiger partial charge in [-0.2, -0.15) is 0 Å². The molecule has 0 aromatic rings. The Morgan fingerprint density at radius 2 is 1.45 bits per heavy atom. The van der Waals surface area contributed by atoms with E-state index in [1.54, 1.807) is 0 Å². The van der Waals surface area contributed by atoms with Crippen LogP contribution in [0.3, 0.4) is 0 Å². The summed E-state index contributed by atoms with van der Waals surface area (Å²) in [7, 11) is 0. The molecular formula is C12H22O10. The van der Waals surface area contributed by atoms with E-state index in [9.17, 15) is 30.6 Å². The SMILES string of the molecule is C[C@@H]1OC(O)[C@H](O[C@@H]2O[C@H](CO)[C@H](O)[C@H](O)[C@H]2O)[C@H](O)[C@H]1O. The topological polar surface area (TPSA) is 169 Å². The second-order valence-electron chi connectivity index (χ2n) is 5.51. The molecule has 1 unspecified atom stereocenters. The van der Waals surface area contributed by atoms with Crippen LogP contribution in [0.5, 0.6) is 0 Å². The third-order valence-electron chi connectivity index (χ3n) is 3.94. The Balaban J connectivity index is 2.08. The van der Waals surface area contributed by atoms with Crippen LogP contribution in [0.15, 0.2) is 0 Å². The maximum absolute atomic E-state index is 9.92. The average Bonchev–Trinajstić information content (AvgIpc) is 2.49. The molecule has 10 nitrogen and oxygen atoms in total. The molecule has 2 fully saturated rings. The number of ether oxygens (including phenoxy) is 3. The molecule has 130 valence electrons. The average molecular weight is 326 g/mol. The van der Waals surface area contributed by atoms with E-state index in [0.717, 1.165) is 0 Å². The van der Waals surface area contributed by atoms with Crippen LogP contribution in [0.25, 0.3) is 0 Å². The summed E-state index contributed by atoms with van der Waals surface area (Å²) in [5.41, 5.74) is 0. The summed E-state index contributed by atoms with van der Waals surface area (Å²) in [5, 5.41) is 67.6. The molecule has 7 N–H and O–H groups in total. The van der Waals surface area contributed by atoms with Crippen LogP contribution in [-0.2, 0) is 14.2 Å². The first-order valence-corrected chi connectivity index (χ1v) is 6.93. The molecule has 2 saturated heterocycles. The van der Waals surface area contributed by atoms with Gasteiger partial charge in [-0.25, -0.2) is 0 Å². The van der Waals surface area contributed by atoms with E-state index in [4.69, 9.17) is 19.3 Å². The van der Waals surface area contributed by atoms with Crippen LogP contribution in [0, 0.1) is 0 Å². The van der Waals surface area contributed by atoms with Gasteiger partial charge < -0.3 is 50.0 Å². The van der Waals surface area contributed by atoms with Crippen molar-refractivity contribution in [2.45, 2.75) is 68.3 Å². The fraction of sp³-hybridized carbons (Fsp3) is 1.00. The zero-order valence-electron chi connectivity index (χ0n) is 11.8. The number of hydrogen-bond acceptors (Lipinski definition) is 10. The molecule has 0 bridgehead atoms. The fourth-order valence-corrected chi connectivity index (χ4v) is 2.50. The minimum atomic E-state index is -1.69. The first-order valence-electron chi connectivity index (χ1n) is 6.93. The Hall–Kier alpha value is -0.400. The van der Waals surface area contributed by atoms with Crippen LogP contribution in [0.2, 0.25) is 0 Å². The van der Waals surface area contributed by atoms with Gasteiger partial charge in [-0.1, -0.05) is 0 Å². The van der Waals surface area contributed by atoms with E-state index in [0.29, 0.717) is 0 Å². The van der Waals surface area contributed by atoms with Gasteiger partial charge in [0.1, 0.15) is 42.7 Å². The van der Waals surface area contributed by atoms with E-state index in [2.05, 4.69) is 0 Å². The van der Waals surface area contributed by atoms with Gasteiger partial charge >= 0.3 is 0 Å². The van der Waals surface area contributed by atoms with Crippen molar-refractivity contribution in [3.05, 3.63) is 0 Å². The maximum atomic E-state index is 9.92. The van der Waals surface area contributed by atoms with Gasteiger partial charge in [-0.3, -0.25) is 0 Å². The van der Waals surface area contributed by atoms with Gasteiger partial charge in [0.15, 0.2) is 12.6 Å². The second kappa shape index (κ2) is 7.01. The number of aliphatic hydroxyl groups excluding tert-OH is 7. The minimum absolute atomic E-state index is 0.642. The summed E-state index contributed by atoms with van der Waals surface area (Å²) in [5.74, 6) is 0. The normalized spacial score (nSPS) is 53.5. The van der Waals surface area contributed by atoms with Crippen LogP contribution in [0.4, 0.5) is 0 Å². The quantitative estimate of drug-likeness (QED) is 0.269. The van der Waals surface area contributed by atoms with Gasteiger partial charge in [0.05, 0.1) is 12.7 Å². The molecule has 2 rings (SSSR count). The van der Waals surface area contributed by atoms with Gasteiger partial charge in [0.2, 0.25) is 0 Å². The first kappa shape index (κ1) is 17.9. The molecule has 0 aromatic heterocycles. The summed E-state index contributed by atoms with van der Waals surface area (Å²) in [6.45, 7) is 0.803. The van der Waals surface area contributed by atoms with Crippen molar-refractivity contribution < 1.29 is 50.0 Å². The zero-order valence-corrected chi connectivity index (χ0v) is 11.8. The number of hydrogen-bond donors (Lipinski definition) is 7. The third-order valence-corrected chi connectivity index (χ3v) is 3.94.